The molecule has 0 aliphatic heterocycles. The van der Waals surface area contributed by atoms with Crippen LogP contribution in [0.4, 0.5) is 4.39 Å². The molecule has 0 bridgehead atoms. The van der Waals surface area contributed by atoms with Crippen molar-refractivity contribution in [2.45, 2.75) is 25.4 Å². The Hall–Kier alpha value is -1.95. The Morgan fingerprint density at radius 3 is 2.71 bits per heavy atom. The van der Waals surface area contributed by atoms with Crippen LogP contribution in [0.25, 0.3) is 0 Å². The van der Waals surface area contributed by atoms with Crippen LogP contribution >= 0.6 is 0 Å². The molecule has 1 unspecified atom stereocenters. The van der Waals surface area contributed by atoms with Gasteiger partial charge >= 0.3 is 0 Å². The van der Waals surface area contributed by atoms with Gasteiger partial charge in [0.2, 0.25) is 11.8 Å². The number of hydrogen-bond donors (Lipinski definition) is 3. The van der Waals surface area contributed by atoms with Gasteiger partial charge in [0.05, 0.1) is 19.1 Å². The number of amides is 2. The van der Waals surface area contributed by atoms with E-state index in [9.17, 15) is 19.1 Å². The first-order valence-electron chi connectivity index (χ1n) is 7.01. The number of hydrogen-bond acceptors (Lipinski definition) is 3. The smallest absolute Gasteiger partial charge is 0.239 e. The molecule has 1 fully saturated rings. The molecule has 21 heavy (non-hydrogen) atoms. The fourth-order valence-corrected chi connectivity index (χ4v) is 1.90. The molecule has 0 saturated heterocycles. The second kappa shape index (κ2) is 7.17. The Morgan fingerprint density at radius 2 is 2.05 bits per heavy atom. The average molecular weight is 294 g/mol. The van der Waals surface area contributed by atoms with Crippen LogP contribution < -0.4 is 10.6 Å². The summed E-state index contributed by atoms with van der Waals surface area (Å²) in [4.78, 5) is 23.1. The minimum Gasteiger partial charge on any atom is -0.388 e. The Bertz CT molecular complexity index is 517. The number of carbonyl (C=O) groups excluding carboxylic acids is 2. The Labute approximate surface area is 122 Å². The molecule has 1 aromatic rings. The molecule has 2 rings (SSSR count). The van der Waals surface area contributed by atoms with E-state index in [2.05, 4.69) is 10.6 Å². The number of aliphatic hydroxyl groups excluding tert-OH is 1. The van der Waals surface area contributed by atoms with E-state index in [4.69, 9.17) is 0 Å². The second-order valence-corrected chi connectivity index (χ2v) is 5.30. The Kier molecular flexibility index (Phi) is 5.27. The van der Waals surface area contributed by atoms with Gasteiger partial charge < -0.3 is 15.7 Å². The predicted molar refractivity (Wildman–Crippen MR) is 74.7 cm³/mol. The van der Waals surface area contributed by atoms with E-state index in [1.165, 1.54) is 18.2 Å². The van der Waals surface area contributed by atoms with Gasteiger partial charge in [0.25, 0.3) is 0 Å². The highest BCUT2D eigenvalue weighted by Gasteiger charge is 2.21. The van der Waals surface area contributed by atoms with Gasteiger partial charge in [-0.2, -0.15) is 0 Å². The highest BCUT2D eigenvalue weighted by atomic mass is 19.1. The molecule has 3 N–H and O–H groups in total. The zero-order chi connectivity index (χ0) is 15.2. The maximum atomic E-state index is 13.0. The summed E-state index contributed by atoms with van der Waals surface area (Å²) in [5.41, 5.74) is 0.336. The fourth-order valence-electron chi connectivity index (χ4n) is 1.90. The van der Waals surface area contributed by atoms with E-state index in [0.717, 1.165) is 12.8 Å². The summed E-state index contributed by atoms with van der Waals surface area (Å²) < 4.78 is 13.0. The van der Waals surface area contributed by atoms with E-state index >= 15 is 0 Å². The minimum absolute atomic E-state index is 0.110. The summed E-state index contributed by atoms with van der Waals surface area (Å²) in [6.45, 7) is 0.544. The van der Waals surface area contributed by atoms with Gasteiger partial charge in [-0.15, -0.1) is 0 Å². The summed E-state index contributed by atoms with van der Waals surface area (Å²) in [5.74, 6) is -0.574. The van der Waals surface area contributed by atoms with Crippen molar-refractivity contribution in [2.24, 2.45) is 5.92 Å². The third-order valence-corrected chi connectivity index (χ3v) is 3.34. The topological polar surface area (TPSA) is 78.4 Å². The molecule has 5 nitrogen and oxygen atoms in total. The summed E-state index contributed by atoms with van der Waals surface area (Å²) in [6.07, 6.45) is 0.994. The van der Waals surface area contributed by atoms with Crippen LogP contribution in [0.1, 0.15) is 30.9 Å². The second-order valence-electron chi connectivity index (χ2n) is 5.30. The first kappa shape index (κ1) is 15.4. The van der Waals surface area contributed by atoms with Crippen molar-refractivity contribution in [1.82, 2.24) is 10.6 Å². The van der Waals surface area contributed by atoms with Gasteiger partial charge in [-0.1, -0.05) is 12.1 Å². The molecular weight excluding hydrogens is 275 g/mol. The largest absolute Gasteiger partial charge is 0.388 e. The van der Waals surface area contributed by atoms with Crippen molar-refractivity contribution in [3.63, 3.8) is 0 Å². The molecule has 114 valence electrons. The molecule has 6 heteroatoms. The quantitative estimate of drug-likeness (QED) is 0.699. The molecule has 0 aromatic heterocycles. The molecular formula is C15H19FN2O3. The first-order chi connectivity index (χ1) is 10.0. The third-order valence-electron chi connectivity index (χ3n) is 3.34. The number of rotatable bonds is 7. The molecule has 0 spiro atoms. The molecule has 1 aliphatic carbocycles. The standard InChI is InChI=1S/C15H19FN2O3/c16-12-3-1-2-11(6-12)13(19)7-14(20)18-9-15(21)17-8-10-4-5-10/h1-3,6,10,13,19H,4-5,7-9H2,(H,17,21)(H,18,20). The van der Waals surface area contributed by atoms with Crippen molar-refractivity contribution in [2.75, 3.05) is 13.1 Å². The summed E-state index contributed by atoms with van der Waals surface area (Å²) in [7, 11) is 0. The van der Waals surface area contributed by atoms with Crippen LogP contribution in [0.5, 0.6) is 0 Å². The van der Waals surface area contributed by atoms with Crippen LogP contribution in [0.2, 0.25) is 0 Å². The van der Waals surface area contributed by atoms with Crippen LogP contribution in [0, 0.1) is 11.7 Å². The summed E-state index contributed by atoms with van der Waals surface area (Å²) in [6, 6.07) is 5.46. The number of carbonyl (C=O) groups is 2. The maximum absolute atomic E-state index is 13.0. The van der Waals surface area contributed by atoms with Gasteiger partial charge in [-0.25, -0.2) is 4.39 Å². The van der Waals surface area contributed by atoms with Gasteiger partial charge in [0.15, 0.2) is 0 Å². The average Bonchev–Trinajstić information content (AvgIpc) is 3.27. The van der Waals surface area contributed by atoms with Gasteiger partial charge in [-0.05, 0) is 36.5 Å². The molecule has 1 aromatic carbocycles. The van der Waals surface area contributed by atoms with Crippen molar-refractivity contribution in [1.29, 1.82) is 0 Å². The van der Waals surface area contributed by atoms with E-state index in [1.807, 2.05) is 0 Å². The lowest BCUT2D eigenvalue weighted by Gasteiger charge is -2.11. The Balaban J connectivity index is 1.69. The van der Waals surface area contributed by atoms with E-state index in [1.54, 1.807) is 6.07 Å². The van der Waals surface area contributed by atoms with E-state index < -0.39 is 17.8 Å². The van der Waals surface area contributed by atoms with Crippen molar-refractivity contribution in [3.05, 3.63) is 35.6 Å². The zero-order valence-corrected chi connectivity index (χ0v) is 11.6. The van der Waals surface area contributed by atoms with Crippen LogP contribution in [0.15, 0.2) is 24.3 Å². The van der Waals surface area contributed by atoms with E-state index in [0.29, 0.717) is 18.0 Å². The lowest BCUT2D eigenvalue weighted by molar-refractivity contribution is -0.127. The van der Waals surface area contributed by atoms with Crippen molar-refractivity contribution >= 4 is 11.8 Å². The van der Waals surface area contributed by atoms with Crippen LogP contribution in [-0.2, 0) is 9.59 Å². The lowest BCUT2D eigenvalue weighted by Crippen LogP contribution is -2.38. The molecule has 1 atom stereocenters. The fraction of sp³-hybridized carbons (Fsp3) is 0.467. The SMILES string of the molecule is O=C(CNC(=O)CC(O)c1cccc(F)c1)NCC1CC1. The van der Waals surface area contributed by atoms with Crippen molar-refractivity contribution in [3.8, 4) is 0 Å². The Morgan fingerprint density at radius 1 is 1.29 bits per heavy atom. The monoisotopic (exact) mass is 294 g/mol. The number of nitrogens with one attached hydrogen (secondary N) is 2. The highest BCUT2D eigenvalue weighted by Crippen LogP contribution is 2.27. The highest BCUT2D eigenvalue weighted by molar-refractivity contribution is 5.84. The molecule has 0 radical (unpaired) electrons. The lowest BCUT2D eigenvalue weighted by atomic mass is 10.1. The van der Waals surface area contributed by atoms with Crippen LogP contribution in [0.3, 0.4) is 0 Å². The molecule has 1 aliphatic rings. The number of halogens is 1. The van der Waals surface area contributed by atoms with Gasteiger partial charge in [0.1, 0.15) is 5.82 Å². The predicted octanol–water partition coefficient (Wildman–Crippen LogP) is 0.892. The van der Waals surface area contributed by atoms with Crippen LogP contribution in [-0.4, -0.2) is 30.0 Å². The third kappa shape index (κ3) is 5.51. The number of benzene rings is 1. The van der Waals surface area contributed by atoms with Crippen molar-refractivity contribution < 1.29 is 19.1 Å². The normalized spacial score (nSPS) is 15.3. The van der Waals surface area contributed by atoms with Gasteiger partial charge in [0, 0.05) is 6.54 Å². The molecule has 0 heterocycles. The summed E-state index contributed by atoms with van der Waals surface area (Å²) >= 11 is 0. The minimum atomic E-state index is -1.09. The van der Waals surface area contributed by atoms with Gasteiger partial charge in [-0.3, -0.25) is 9.59 Å². The molecule has 1 saturated carbocycles. The zero-order valence-electron chi connectivity index (χ0n) is 11.6. The first-order valence-corrected chi connectivity index (χ1v) is 7.01. The summed E-state index contributed by atoms with van der Waals surface area (Å²) in [5, 5.41) is 15.0. The van der Waals surface area contributed by atoms with E-state index in [-0.39, 0.29) is 18.9 Å². The maximum Gasteiger partial charge on any atom is 0.239 e. The molecule has 2 amide bonds. The number of aliphatic hydroxyl groups is 1.